The minimum Gasteiger partial charge on any atom is -0.550 e. The van der Waals surface area contributed by atoms with Crippen LogP contribution in [-0.4, -0.2) is 50.8 Å². The number of thiazole rings is 1. The van der Waals surface area contributed by atoms with E-state index in [4.69, 9.17) is 4.74 Å². The number of amides is 2. The number of aromatic nitrogens is 1. The van der Waals surface area contributed by atoms with Crippen LogP contribution in [0, 0.1) is 0 Å². The van der Waals surface area contributed by atoms with Crippen molar-refractivity contribution in [1.82, 2.24) is 15.2 Å². The molecule has 0 spiro atoms. The smallest absolute Gasteiger partial charge is 0.550 e. The van der Waals surface area contributed by atoms with Crippen LogP contribution in [0.1, 0.15) is 34.9 Å². The molecule has 0 radical (unpaired) electrons. The van der Waals surface area contributed by atoms with Crippen LogP contribution in [-0.2, 0) is 36.8 Å². The number of ether oxygens (including phenoxy) is 1. The number of fused-ring (bicyclic) bond motifs is 1. The summed E-state index contributed by atoms with van der Waals surface area (Å²) in [6, 6.07) is 27.3. The first kappa shape index (κ1) is 35.6. The van der Waals surface area contributed by atoms with Gasteiger partial charge in [0.05, 0.1) is 12.1 Å². The van der Waals surface area contributed by atoms with E-state index < -0.39 is 35.4 Å². The number of carboxylic acid groups (broad SMARTS) is 1. The predicted molar refractivity (Wildman–Crippen MR) is 174 cm³/mol. The molecule has 0 aliphatic carbocycles. The molecule has 3 heterocycles. The summed E-state index contributed by atoms with van der Waals surface area (Å²) in [7, 11) is 0. The number of β-lactam (4-membered cyclic amide) rings is 1. The summed E-state index contributed by atoms with van der Waals surface area (Å²) in [6.45, 7) is 0. The van der Waals surface area contributed by atoms with Crippen molar-refractivity contribution in [3.05, 3.63) is 129 Å². The first-order valence-electron chi connectivity index (χ1n) is 14.5. The Hall–Kier alpha value is -2.75. The summed E-state index contributed by atoms with van der Waals surface area (Å²) in [5.41, 5.74) is 3.11. The summed E-state index contributed by atoms with van der Waals surface area (Å²) >= 11 is 4.03. The Bertz CT molecular complexity index is 1730. The Balaban J connectivity index is 0.00000433. The molecule has 0 unspecified atom stereocenters. The molecule has 2 atom stereocenters. The standard InChI is InChI=1S/C34H29N3O6S3.K/c38-26(18-21-10-4-1-5-11-21)36-28-31(41)37-29(25(20-44-32(28)37)46-34-35-24(19-45-34)16-17-27(39)40)33(42)43-30(22-12-6-2-7-13-22)23-14-8-3-9-15-23;/h1-15,19,28,30,32H,16-18,20H2,(H,36,38)(H,39,40);/q;+1/p-1/t28-,32+;/m1./s1. The van der Waals surface area contributed by atoms with Crippen molar-refractivity contribution in [1.29, 1.82) is 0 Å². The molecule has 1 aromatic heterocycles. The number of carboxylic acids is 1. The van der Waals surface area contributed by atoms with Crippen LogP contribution in [0.15, 0.2) is 111 Å². The van der Waals surface area contributed by atoms with E-state index in [1.165, 1.54) is 39.8 Å². The topological polar surface area (TPSA) is 129 Å². The van der Waals surface area contributed by atoms with Gasteiger partial charge in [-0.2, -0.15) is 0 Å². The van der Waals surface area contributed by atoms with Gasteiger partial charge < -0.3 is 20.0 Å². The zero-order valence-corrected chi connectivity index (χ0v) is 30.9. The van der Waals surface area contributed by atoms with Crippen molar-refractivity contribution in [3.63, 3.8) is 0 Å². The van der Waals surface area contributed by atoms with E-state index in [-0.39, 0.29) is 82.3 Å². The molecule has 4 aromatic rings. The van der Waals surface area contributed by atoms with E-state index in [0.717, 1.165) is 16.7 Å². The van der Waals surface area contributed by atoms with Crippen molar-refractivity contribution in [2.24, 2.45) is 0 Å². The molecule has 47 heavy (non-hydrogen) atoms. The number of carbonyl (C=O) groups is 4. The summed E-state index contributed by atoms with van der Waals surface area (Å²) < 4.78 is 6.81. The number of carbonyl (C=O) groups excluding carboxylic acids is 4. The maximum atomic E-state index is 14.2. The SMILES string of the molecule is O=C([O-])CCc1csc(SC2=C(C(=O)OC(c3ccccc3)c3ccccc3)N3C(=O)[C@@H](NC(=O)Cc4ccccc4)[C@@H]3SC2)n1.[K+]. The molecule has 13 heteroatoms. The van der Waals surface area contributed by atoms with Gasteiger partial charge in [0.1, 0.15) is 17.1 Å². The molecule has 0 saturated carbocycles. The Labute approximate surface area is 327 Å². The second kappa shape index (κ2) is 16.6. The van der Waals surface area contributed by atoms with E-state index in [0.29, 0.717) is 20.7 Å². The normalized spacial score (nSPS) is 17.0. The molecule has 2 aliphatic heterocycles. The number of nitrogens with one attached hydrogen (secondary N) is 1. The van der Waals surface area contributed by atoms with Crippen molar-refractivity contribution < 1.29 is 80.4 Å². The summed E-state index contributed by atoms with van der Waals surface area (Å²) in [4.78, 5) is 58.2. The fraction of sp³-hybridized carbons (Fsp3) is 0.206. The third-order valence-corrected chi connectivity index (χ3v) is 10.9. The average molecular weight is 710 g/mol. The van der Waals surface area contributed by atoms with E-state index >= 15 is 0 Å². The largest absolute Gasteiger partial charge is 1.00 e. The number of thioether (sulfide) groups is 2. The molecule has 1 saturated heterocycles. The van der Waals surface area contributed by atoms with Gasteiger partial charge in [-0.25, -0.2) is 9.78 Å². The number of benzene rings is 3. The van der Waals surface area contributed by atoms with Gasteiger partial charge in [-0.15, -0.1) is 23.1 Å². The number of rotatable bonds is 12. The van der Waals surface area contributed by atoms with Gasteiger partial charge in [-0.3, -0.25) is 14.5 Å². The Morgan fingerprint density at radius 2 is 1.60 bits per heavy atom. The minimum atomic E-state index is -1.15. The van der Waals surface area contributed by atoms with Crippen molar-refractivity contribution in [3.8, 4) is 0 Å². The van der Waals surface area contributed by atoms with Crippen LogP contribution < -0.4 is 61.8 Å². The van der Waals surface area contributed by atoms with Crippen molar-refractivity contribution >= 4 is 58.6 Å². The zero-order valence-electron chi connectivity index (χ0n) is 25.4. The molecule has 0 bridgehead atoms. The van der Waals surface area contributed by atoms with Crippen LogP contribution in [0.2, 0.25) is 0 Å². The van der Waals surface area contributed by atoms with Crippen LogP contribution >= 0.6 is 34.9 Å². The van der Waals surface area contributed by atoms with E-state index in [9.17, 15) is 24.3 Å². The van der Waals surface area contributed by atoms with Crippen molar-refractivity contribution in [2.75, 3.05) is 5.75 Å². The van der Waals surface area contributed by atoms with Gasteiger partial charge in [0.15, 0.2) is 10.4 Å². The summed E-state index contributed by atoms with van der Waals surface area (Å²) in [5, 5.41) is 15.1. The molecule has 234 valence electrons. The number of aliphatic carboxylic acids is 1. The molecule has 9 nitrogen and oxygen atoms in total. The monoisotopic (exact) mass is 709 g/mol. The molecule has 2 amide bonds. The number of hydrogen-bond acceptors (Lipinski definition) is 10. The Morgan fingerprint density at radius 3 is 2.21 bits per heavy atom. The van der Waals surface area contributed by atoms with Gasteiger partial charge in [-0.1, -0.05) is 103 Å². The van der Waals surface area contributed by atoms with Crippen LogP contribution in [0.4, 0.5) is 0 Å². The first-order chi connectivity index (χ1) is 22.4. The molecule has 1 N–H and O–H groups in total. The second-order valence-corrected chi connectivity index (χ2v) is 13.9. The molecule has 6 rings (SSSR count). The maximum Gasteiger partial charge on any atom is 1.00 e. The van der Waals surface area contributed by atoms with E-state index in [1.807, 2.05) is 91.0 Å². The van der Waals surface area contributed by atoms with Crippen LogP contribution in [0.3, 0.4) is 0 Å². The predicted octanol–water partition coefficient (Wildman–Crippen LogP) is 1.11. The van der Waals surface area contributed by atoms with E-state index in [1.54, 1.807) is 5.38 Å². The Morgan fingerprint density at radius 1 is 0.979 bits per heavy atom. The number of esters is 1. The fourth-order valence-corrected chi connectivity index (χ4v) is 8.70. The Kier molecular flexibility index (Phi) is 12.5. The van der Waals surface area contributed by atoms with E-state index in [2.05, 4.69) is 10.3 Å². The molecule has 3 aromatic carbocycles. The fourth-order valence-electron chi connectivity index (χ4n) is 5.20. The quantitative estimate of drug-likeness (QED) is 0.131. The third-order valence-electron chi connectivity index (χ3n) is 7.41. The third kappa shape index (κ3) is 8.65. The van der Waals surface area contributed by atoms with Gasteiger partial charge in [0.2, 0.25) is 5.91 Å². The minimum absolute atomic E-state index is 0. The molecular formula is C34H28KN3O6S3. The van der Waals surface area contributed by atoms with Gasteiger partial charge in [0.25, 0.3) is 5.91 Å². The average Bonchev–Trinajstić information content (AvgIpc) is 3.53. The van der Waals surface area contributed by atoms with Crippen LogP contribution in [0.25, 0.3) is 0 Å². The second-order valence-electron chi connectivity index (χ2n) is 10.6. The number of aryl methyl sites for hydroxylation is 1. The molecule has 1 fully saturated rings. The zero-order chi connectivity index (χ0) is 32.0. The number of nitrogens with zero attached hydrogens (tertiary/aromatic N) is 2. The van der Waals surface area contributed by atoms with Gasteiger partial charge in [0, 0.05) is 22.0 Å². The first-order valence-corrected chi connectivity index (χ1v) is 17.3. The molecular weight excluding hydrogens is 682 g/mol. The summed E-state index contributed by atoms with van der Waals surface area (Å²) in [5.74, 6) is -2.12. The summed E-state index contributed by atoms with van der Waals surface area (Å²) in [6.07, 6.45) is -0.509. The van der Waals surface area contributed by atoms with Gasteiger partial charge in [-0.05, 0) is 29.5 Å². The van der Waals surface area contributed by atoms with Crippen LogP contribution in [0.5, 0.6) is 0 Å². The van der Waals surface area contributed by atoms with Gasteiger partial charge >= 0.3 is 57.4 Å². The van der Waals surface area contributed by atoms with Crippen molar-refractivity contribution in [2.45, 2.75) is 41.1 Å². The maximum absolute atomic E-state index is 14.2. The molecule has 2 aliphatic rings. The number of hydrogen-bond donors (Lipinski definition) is 1.